The van der Waals surface area contributed by atoms with E-state index in [2.05, 4.69) is 5.32 Å². The topological polar surface area (TPSA) is 75.6 Å². The van der Waals surface area contributed by atoms with Gasteiger partial charge in [-0.3, -0.25) is 9.59 Å². The summed E-state index contributed by atoms with van der Waals surface area (Å²) in [7, 11) is 0. The lowest BCUT2D eigenvalue weighted by Gasteiger charge is -2.25. The molecule has 0 heterocycles. The van der Waals surface area contributed by atoms with Gasteiger partial charge in [-0.15, -0.1) is 0 Å². The molecule has 0 fully saturated rings. The summed E-state index contributed by atoms with van der Waals surface area (Å²) >= 11 is 0. The Morgan fingerprint density at radius 3 is 2.48 bits per heavy atom. The molecule has 0 spiro atoms. The first-order chi connectivity index (χ1) is 9.90. The van der Waals surface area contributed by atoms with Gasteiger partial charge in [0.1, 0.15) is 0 Å². The molecule has 0 aromatic heterocycles. The minimum absolute atomic E-state index is 0.0910. The third kappa shape index (κ3) is 4.86. The Morgan fingerprint density at radius 2 is 1.95 bits per heavy atom. The average Bonchev–Trinajstić information content (AvgIpc) is 2.46. The maximum absolute atomic E-state index is 12.0. The zero-order valence-corrected chi connectivity index (χ0v) is 12.8. The fourth-order valence-corrected chi connectivity index (χ4v) is 2.09. The molecule has 5 heteroatoms. The molecule has 0 aliphatic carbocycles. The maximum atomic E-state index is 12.0. The van der Waals surface area contributed by atoms with Crippen molar-refractivity contribution in [1.82, 2.24) is 5.32 Å². The van der Waals surface area contributed by atoms with Gasteiger partial charge in [0.2, 0.25) is 5.91 Å². The molecule has 0 saturated heterocycles. The van der Waals surface area contributed by atoms with Gasteiger partial charge < -0.3 is 15.2 Å². The number of carbonyl (C=O) groups excluding carboxylic acids is 1. The van der Waals surface area contributed by atoms with Crippen LogP contribution in [-0.2, 0) is 19.7 Å². The second kappa shape index (κ2) is 7.78. The highest BCUT2D eigenvalue weighted by atomic mass is 16.5. The number of benzene rings is 1. The van der Waals surface area contributed by atoms with E-state index < -0.39 is 11.4 Å². The molecule has 1 aromatic carbocycles. The number of ether oxygens (including phenoxy) is 1. The van der Waals surface area contributed by atoms with Gasteiger partial charge in [-0.05, 0) is 26.3 Å². The minimum Gasteiger partial charge on any atom is -0.481 e. The maximum Gasteiger partial charge on any atom is 0.314 e. The highest BCUT2D eigenvalue weighted by Crippen LogP contribution is 2.27. The van der Waals surface area contributed by atoms with Crippen molar-refractivity contribution in [2.75, 3.05) is 13.2 Å². The molecule has 0 radical (unpaired) electrons. The number of nitrogens with one attached hydrogen (secondary N) is 1. The Hall–Kier alpha value is -1.88. The van der Waals surface area contributed by atoms with Crippen molar-refractivity contribution in [3.8, 4) is 0 Å². The van der Waals surface area contributed by atoms with Crippen LogP contribution < -0.4 is 5.32 Å². The molecular formula is C16H23NO4. The van der Waals surface area contributed by atoms with E-state index in [4.69, 9.17) is 4.74 Å². The van der Waals surface area contributed by atoms with Crippen molar-refractivity contribution in [3.05, 3.63) is 35.9 Å². The van der Waals surface area contributed by atoms with Crippen LogP contribution in [0.5, 0.6) is 0 Å². The lowest BCUT2D eigenvalue weighted by atomic mass is 9.79. The standard InChI is InChI=1S/C16H23NO4/c1-4-21-12(2)11-17-14(18)10-16(3,15(19)20)13-8-6-5-7-9-13/h5-9,12H,4,10-11H2,1-3H3,(H,17,18)(H,19,20). The number of carboxylic acid groups (broad SMARTS) is 1. The predicted octanol–water partition coefficient (Wildman–Crippen LogP) is 1.96. The molecule has 2 atom stereocenters. The summed E-state index contributed by atoms with van der Waals surface area (Å²) in [6.07, 6.45) is -0.197. The van der Waals surface area contributed by atoms with E-state index in [1.807, 2.05) is 19.9 Å². The monoisotopic (exact) mass is 293 g/mol. The van der Waals surface area contributed by atoms with E-state index in [0.29, 0.717) is 18.7 Å². The highest BCUT2D eigenvalue weighted by Gasteiger charge is 2.37. The molecule has 0 aliphatic rings. The highest BCUT2D eigenvalue weighted by molar-refractivity contribution is 5.89. The van der Waals surface area contributed by atoms with E-state index in [1.165, 1.54) is 0 Å². The van der Waals surface area contributed by atoms with Crippen LogP contribution in [0.15, 0.2) is 30.3 Å². The van der Waals surface area contributed by atoms with Crippen molar-refractivity contribution in [3.63, 3.8) is 0 Å². The van der Waals surface area contributed by atoms with Gasteiger partial charge in [0.25, 0.3) is 0 Å². The van der Waals surface area contributed by atoms with Gasteiger partial charge >= 0.3 is 5.97 Å². The largest absolute Gasteiger partial charge is 0.481 e. The van der Waals surface area contributed by atoms with Gasteiger partial charge in [0.15, 0.2) is 0 Å². The number of amides is 1. The van der Waals surface area contributed by atoms with Crippen LogP contribution in [0, 0.1) is 0 Å². The van der Waals surface area contributed by atoms with Crippen molar-refractivity contribution < 1.29 is 19.4 Å². The van der Waals surface area contributed by atoms with Gasteiger partial charge in [0.05, 0.1) is 11.5 Å². The minimum atomic E-state index is -1.24. The number of carboxylic acids is 1. The molecule has 116 valence electrons. The summed E-state index contributed by atoms with van der Waals surface area (Å²) in [6, 6.07) is 8.81. The Bertz CT molecular complexity index is 474. The number of hydrogen-bond donors (Lipinski definition) is 2. The van der Waals surface area contributed by atoms with Gasteiger partial charge in [-0.25, -0.2) is 0 Å². The fourth-order valence-electron chi connectivity index (χ4n) is 2.09. The SMILES string of the molecule is CCOC(C)CNC(=O)CC(C)(C(=O)O)c1ccccc1. The van der Waals surface area contributed by atoms with E-state index in [0.717, 1.165) is 0 Å². The summed E-state index contributed by atoms with van der Waals surface area (Å²) in [4.78, 5) is 23.6. The quantitative estimate of drug-likeness (QED) is 0.768. The molecule has 2 unspecified atom stereocenters. The van der Waals surface area contributed by atoms with Crippen molar-refractivity contribution in [2.24, 2.45) is 0 Å². The number of carbonyl (C=O) groups is 2. The Balaban J connectivity index is 2.71. The third-order valence-electron chi connectivity index (χ3n) is 3.43. The second-order valence-electron chi connectivity index (χ2n) is 5.25. The molecule has 2 N–H and O–H groups in total. The smallest absolute Gasteiger partial charge is 0.314 e. The van der Waals surface area contributed by atoms with Crippen LogP contribution in [0.25, 0.3) is 0 Å². The predicted molar refractivity (Wildman–Crippen MR) is 80.1 cm³/mol. The number of hydrogen-bond acceptors (Lipinski definition) is 3. The number of aliphatic carboxylic acids is 1. The van der Waals surface area contributed by atoms with Gasteiger partial charge in [-0.1, -0.05) is 30.3 Å². The van der Waals surface area contributed by atoms with Crippen LogP contribution in [-0.4, -0.2) is 36.2 Å². The molecule has 1 rings (SSSR count). The zero-order valence-electron chi connectivity index (χ0n) is 12.8. The molecule has 0 saturated carbocycles. The Labute approximate surface area is 125 Å². The van der Waals surface area contributed by atoms with E-state index >= 15 is 0 Å². The summed E-state index contributed by atoms with van der Waals surface area (Å²) in [6.45, 7) is 6.26. The second-order valence-corrected chi connectivity index (χ2v) is 5.25. The molecule has 5 nitrogen and oxygen atoms in total. The zero-order chi connectivity index (χ0) is 15.9. The Morgan fingerprint density at radius 1 is 1.33 bits per heavy atom. The lowest BCUT2D eigenvalue weighted by molar-refractivity contribution is -0.145. The summed E-state index contributed by atoms with van der Waals surface area (Å²) < 4.78 is 5.32. The molecule has 1 amide bonds. The van der Waals surface area contributed by atoms with Crippen LogP contribution in [0.3, 0.4) is 0 Å². The van der Waals surface area contributed by atoms with Crippen LogP contribution in [0.2, 0.25) is 0 Å². The van der Waals surface area contributed by atoms with Crippen LogP contribution in [0.1, 0.15) is 32.8 Å². The fraction of sp³-hybridized carbons (Fsp3) is 0.500. The Kier molecular flexibility index (Phi) is 6.37. The molecule has 0 aliphatic heterocycles. The van der Waals surface area contributed by atoms with E-state index in [1.54, 1.807) is 31.2 Å². The van der Waals surface area contributed by atoms with Crippen molar-refractivity contribution in [1.29, 1.82) is 0 Å². The molecule has 21 heavy (non-hydrogen) atoms. The summed E-state index contributed by atoms with van der Waals surface area (Å²) in [5.74, 6) is -1.31. The van der Waals surface area contributed by atoms with Gasteiger partial charge in [0, 0.05) is 19.6 Å². The molecule has 0 bridgehead atoms. The molecular weight excluding hydrogens is 270 g/mol. The summed E-state index contributed by atoms with van der Waals surface area (Å²) in [5, 5.41) is 12.2. The average molecular weight is 293 g/mol. The first-order valence-corrected chi connectivity index (χ1v) is 7.07. The number of rotatable bonds is 8. The first kappa shape index (κ1) is 17.2. The molecule has 1 aromatic rings. The van der Waals surface area contributed by atoms with Crippen LogP contribution in [0.4, 0.5) is 0 Å². The van der Waals surface area contributed by atoms with E-state index in [-0.39, 0.29) is 18.4 Å². The lowest BCUT2D eigenvalue weighted by Crippen LogP contribution is -2.40. The first-order valence-electron chi connectivity index (χ1n) is 7.07. The van der Waals surface area contributed by atoms with E-state index in [9.17, 15) is 14.7 Å². The van der Waals surface area contributed by atoms with Gasteiger partial charge in [-0.2, -0.15) is 0 Å². The van der Waals surface area contributed by atoms with Crippen LogP contribution >= 0.6 is 0 Å². The van der Waals surface area contributed by atoms with Crippen molar-refractivity contribution >= 4 is 11.9 Å². The normalized spacial score (nSPS) is 15.0. The summed E-state index contributed by atoms with van der Waals surface area (Å²) in [5.41, 5.74) is -0.620. The third-order valence-corrected chi connectivity index (χ3v) is 3.43. The van der Waals surface area contributed by atoms with Crippen molar-refractivity contribution in [2.45, 2.75) is 38.7 Å².